The lowest BCUT2D eigenvalue weighted by Gasteiger charge is -2.14. The first-order valence-electron chi connectivity index (χ1n) is 7.94. The number of rotatable bonds is 6. The summed E-state index contributed by atoms with van der Waals surface area (Å²) in [6, 6.07) is 0.0837. The van der Waals surface area contributed by atoms with Gasteiger partial charge in [-0.2, -0.15) is 0 Å². The van der Waals surface area contributed by atoms with Crippen LogP contribution in [0.2, 0.25) is 0 Å². The van der Waals surface area contributed by atoms with Crippen molar-refractivity contribution in [3.63, 3.8) is 0 Å². The average Bonchev–Trinajstić information content (AvgIpc) is 2.82. The lowest BCUT2D eigenvalue weighted by Crippen LogP contribution is -3.09. The van der Waals surface area contributed by atoms with Gasteiger partial charge in [0.15, 0.2) is 12.4 Å². The van der Waals surface area contributed by atoms with E-state index < -0.39 is 5.97 Å². The van der Waals surface area contributed by atoms with E-state index in [1.54, 1.807) is 6.92 Å². The highest BCUT2D eigenvalue weighted by Crippen LogP contribution is 2.27. The minimum Gasteiger partial charge on any atom is -0.465 e. The first kappa shape index (κ1) is 19.1. The van der Waals surface area contributed by atoms with Gasteiger partial charge in [0.05, 0.1) is 19.5 Å². The Morgan fingerprint density at radius 2 is 2.08 bits per heavy atom. The van der Waals surface area contributed by atoms with Gasteiger partial charge in [0.2, 0.25) is 0 Å². The number of likely N-dealkylation sites (N-methyl/N-ethyl adjacent to an activating group) is 1. The van der Waals surface area contributed by atoms with Crippen molar-refractivity contribution in [2.45, 2.75) is 33.4 Å². The summed E-state index contributed by atoms with van der Waals surface area (Å²) in [7, 11) is 3.15. The third-order valence-corrected chi connectivity index (χ3v) is 4.77. The number of H-pyrrole nitrogens is 1. The molecule has 9 heteroatoms. The number of carbonyl (C=O) groups is 2. The summed E-state index contributed by atoms with van der Waals surface area (Å²) in [6.45, 7) is 6.17. The molecule has 0 fully saturated rings. The fourth-order valence-electron chi connectivity index (χ4n) is 2.56. The number of carbonyl (C=O) groups excluding carboxylic acids is 2. The molecule has 1 atom stereocenters. The second kappa shape index (κ2) is 7.75. The molecule has 1 amide bonds. The van der Waals surface area contributed by atoms with Crippen LogP contribution in [0, 0.1) is 6.92 Å². The molecule has 2 rings (SSSR count). The first-order chi connectivity index (χ1) is 11.7. The van der Waals surface area contributed by atoms with E-state index in [0.29, 0.717) is 33.0 Å². The number of amides is 1. The van der Waals surface area contributed by atoms with Crippen LogP contribution in [0.3, 0.4) is 0 Å². The Bertz CT molecular complexity index is 856. The molecular formula is C16H23N4O4S+. The van der Waals surface area contributed by atoms with Gasteiger partial charge in [0, 0.05) is 6.04 Å². The van der Waals surface area contributed by atoms with Gasteiger partial charge in [-0.3, -0.25) is 9.59 Å². The molecule has 1 unspecified atom stereocenters. The van der Waals surface area contributed by atoms with Crippen LogP contribution in [0.15, 0.2) is 4.79 Å². The molecule has 2 heterocycles. The predicted octanol–water partition coefficient (Wildman–Crippen LogP) is -0.381. The summed E-state index contributed by atoms with van der Waals surface area (Å²) in [6.07, 6.45) is 0. The quantitative estimate of drug-likeness (QED) is 0.604. The second-order valence-corrected chi connectivity index (χ2v) is 7.27. The molecule has 0 aliphatic rings. The number of hydrogen-bond acceptors (Lipinski definition) is 6. The molecule has 0 aliphatic heterocycles. The van der Waals surface area contributed by atoms with Gasteiger partial charge in [0.1, 0.15) is 16.3 Å². The summed E-state index contributed by atoms with van der Waals surface area (Å²) in [5, 5.41) is 3.24. The molecule has 136 valence electrons. The van der Waals surface area contributed by atoms with E-state index in [-0.39, 0.29) is 24.1 Å². The maximum absolute atomic E-state index is 12.4. The largest absolute Gasteiger partial charge is 0.465 e. The van der Waals surface area contributed by atoms with Crippen molar-refractivity contribution in [3.05, 3.63) is 26.6 Å². The van der Waals surface area contributed by atoms with Crippen molar-refractivity contribution in [3.8, 4) is 0 Å². The molecule has 0 bridgehead atoms. The van der Waals surface area contributed by atoms with E-state index in [0.717, 1.165) is 16.2 Å². The molecule has 0 spiro atoms. The van der Waals surface area contributed by atoms with Crippen molar-refractivity contribution in [1.82, 2.24) is 15.3 Å². The van der Waals surface area contributed by atoms with Gasteiger partial charge in [-0.25, -0.2) is 9.78 Å². The van der Waals surface area contributed by atoms with Gasteiger partial charge in [0.25, 0.3) is 11.5 Å². The number of esters is 1. The van der Waals surface area contributed by atoms with Crippen LogP contribution in [0.4, 0.5) is 0 Å². The van der Waals surface area contributed by atoms with E-state index in [4.69, 9.17) is 4.74 Å². The van der Waals surface area contributed by atoms with Gasteiger partial charge < -0.3 is 19.9 Å². The number of nitrogens with zero attached hydrogens (tertiary/aromatic N) is 1. The Morgan fingerprint density at radius 1 is 1.40 bits per heavy atom. The SMILES string of the molecule is COC(=O)c1sc2nc(C[NH+](C)CC(=O)NC(C)C)[nH]c(=O)c2c1C. The minimum atomic E-state index is -0.477. The molecular weight excluding hydrogens is 344 g/mol. The summed E-state index contributed by atoms with van der Waals surface area (Å²) >= 11 is 1.14. The lowest BCUT2D eigenvalue weighted by molar-refractivity contribution is -0.886. The first-order valence-corrected chi connectivity index (χ1v) is 8.75. The summed E-state index contributed by atoms with van der Waals surface area (Å²) in [5.74, 6) is -0.0598. The number of aryl methyl sites for hydroxylation is 1. The zero-order valence-electron chi connectivity index (χ0n) is 15.0. The zero-order valence-corrected chi connectivity index (χ0v) is 15.8. The van der Waals surface area contributed by atoms with Crippen molar-refractivity contribution in [2.75, 3.05) is 20.7 Å². The molecule has 0 radical (unpaired) electrons. The van der Waals surface area contributed by atoms with Crippen molar-refractivity contribution in [1.29, 1.82) is 0 Å². The fraction of sp³-hybridized carbons (Fsp3) is 0.500. The van der Waals surface area contributed by atoms with Gasteiger partial charge in [-0.1, -0.05) is 0 Å². The standard InChI is InChI=1S/C16H22N4O4S/c1-8(2)17-11(21)7-20(4)6-10-18-14(22)12-9(3)13(16(23)24-5)25-15(12)19-10/h8H,6-7H2,1-5H3,(H,17,21)(H,18,19,22)/p+1. The number of ether oxygens (including phenoxy) is 1. The Labute approximate surface area is 149 Å². The summed E-state index contributed by atoms with van der Waals surface area (Å²) in [5.41, 5.74) is 0.285. The minimum absolute atomic E-state index is 0.0594. The van der Waals surface area contributed by atoms with E-state index in [2.05, 4.69) is 15.3 Å². The van der Waals surface area contributed by atoms with Crippen molar-refractivity contribution < 1.29 is 19.2 Å². The Kier molecular flexibility index (Phi) is 5.91. The highest BCUT2D eigenvalue weighted by Gasteiger charge is 2.20. The number of quaternary nitrogens is 1. The summed E-state index contributed by atoms with van der Waals surface area (Å²) < 4.78 is 4.74. The zero-order chi connectivity index (χ0) is 18.7. The van der Waals surface area contributed by atoms with Crippen LogP contribution in [-0.2, 0) is 16.1 Å². The van der Waals surface area contributed by atoms with Crippen molar-refractivity contribution >= 4 is 33.4 Å². The number of nitrogens with one attached hydrogen (secondary N) is 3. The molecule has 0 saturated heterocycles. The summed E-state index contributed by atoms with van der Waals surface area (Å²) in [4.78, 5) is 44.9. The van der Waals surface area contributed by atoms with Crippen LogP contribution in [0.25, 0.3) is 10.2 Å². The number of thiophene rings is 1. The highest BCUT2D eigenvalue weighted by atomic mass is 32.1. The predicted molar refractivity (Wildman–Crippen MR) is 95.1 cm³/mol. The third kappa shape index (κ3) is 4.43. The lowest BCUT2D eigenvalue weighted by atomic mass is 10.2. The second-order valence-electron chi connectivity index (χ2n) is 6.27. The Balaban J connectivity index is 2.24. The van der Waals surface area contributed by atoms with E-state index in [1.165, 1.54) is 7.11 Å². The topological polar surface area (TPSA) is 106 Å². The Hall–Kier alpha value is -2.26. The van der Waals surface area contributed by atoms with E-state index in [1.807, 2.05) is 20.9 Å². The number of fused-ring (bicyclic) bond motifs is 1. The molecule has 0 aliphatic carbocycles. The van der Waals surface area contributed by atoms with E-state index >= 15 is 0 Å². The van der Waals surface area contributed by atoms with Gasteiger partial charge in [-0.05, 0) is 26.3 Å². The van der Waals surface area contributed by atoms with Crippen LogP contribution in [0.5, 0.6) is 0 Å². The normalized spacial score (nSPS) is 12.4. The monoisotopic (exact) mass is 367 g/mol. The Morgan fingerprint density at radius 3 is 2.68 bits per heavy atom. The number of aromatic amines is 1. The molecule has 3 N–H and O–H groups in total. The third-order valence-electron chi connectivity index (χ3n) is 3.60. The maximum atomic E-state index is 12.4. The number of methoxy groups -OCH3 is 1. The molecule has 0 aromatic carbocycles. The number of hydrogen-bond donors (Lipinski definition) is 3. The highest BCUT2D eigenvalue weighted by molar-refractivity contribution is 7.20. The van der Waals surface area contributed by atoms with Gasteiger partial charge in [-0.15, -0.1) is 11.3 Å². The van der Waals surface area contributed by atoms with Crippen molar-refractivity contribution in [2.24, 2.45) is 0 Å². The molecule has 2 aromatic heterocycles. The number of aromatic nitrogens is 2. The van der Waals surface area contributed by atoms with Crippen LogP contribution < -0.4 is 15.8 Å². The molecule has 0 saturated carbocycles. The molecule has 8 nitrogen and oxygen atoms in total. The van der Waals surface area contributed by atoms with Crippen LogP contribution in [-0.4, -0.2) is 48.6 Å². The fourth-order valence-corrected chi connectivity index (χ4v) is 3.67. The maximum Gasteiger partial charge on any atom is 0.348 e. The van der Waals surface area contributed by atoms with Gasteiger partial charge >= 0.3 is 5.97 Å². The molecule has 2 aromatic rings. The van der Waals surface area contributed by atoms with E-state index in [9.17, 15) is 14.4 Å². The van der Waals surface area contributed by atoms with Crippen LogP contribution in [0.1, 0.15) is 34.9 Å². The average molecular weight is 367 g/mol. The smallest absolute Gasteiger partial charge is 0.348 e. The van der Waals surface area contributed by atoms with Crippen LogP contribution >= 0.6 is 11.3 Å². The molecule has 25 heavy (non-hydrogen) atoms.